The SMILES string of the molecule is CC1CN(C)CCN1c1nc2sccn2c1CCN. The van der Waals surface area contributed by atoms with Crippen LogP contribution in [0, 0.1) is 0 Å². The molecule has 0 radical (unpaired) electrons. The lowest BCUT2D eigenvalue weighted by atomic mass is 10.2. The Morgan fingerprint density at radius 1 is 1.47 bits per heavy atom. The van der Waals surface area contributed by atoms with Crippen LogP contribution in [0.2, 0.25) is 0 Å². The van der Waals surface area contributed by atoms with Gasteiger partial charge in [0.05, 0.1) is 5.69 Å². The lowest BCUT2D eigenvalue weighted by Gasteiger charge is -2.39. The zero-order chi connectivity index (χ0) is 13.4. The highest BCUT2D eigenvalue weighted by Crippen LogP contribution is 2.27. The summed E-state index contributed by atoms with van der Waals surface area (Å²) in [6.07, 6.45) is 2.98. The second-order valence-electron chi connectivity index (χ2n) is 5.28. The van der Waals surface area contributed by atoms with Gasteiger partial charge in [-0.2, -0.15) is 0 Å². The van der Waals surface area contributed by atoms with Crippen LogP contribution in [-0.4, -0.2) is 53.6 Å². The van der Waals surface area contributed by atoms with E-state index in [1.165, 1.54) is 5.69 Å². The number of fused-ring (bicyclic) bond motifs is 1. The van der Waals surface area contributed by atoms with E-state index in [-0.39, 0.29) is 0 Å². The molecule has 0 bridgehead atoms. The number of piperazine rings is 1. The van der Waals surface area contributed by atoms with Crippen LogP contribution in [0.15, 0.2) is 11.6 Å². The van der Waals surface area contributed by atoms with E-state index in [0.717, 1.165) is 36.8 Å². The maximum Gasteiger partial charge on any atom is 0.195 e. The fraction of sp³-hybridized carbons (Fsp3) is 0.615. The number of anilines is 1. The molecule has 19 heavy (non-hydrogen) atoms. The van der Waals surface area contributed by atoms with Gasteiger partial charge in [0.1, 0.15) is 0 Å². The molecule has 1 aliphatic rings. The van der Waals surface area contributed by atoms with Crippen molar-refractivity contribution < 1.29 is 0 Å². The van der Waals surface area contributed by atoms with Gasteiger partial charge in [-0.25, -0.2) is 4.98 Å². The summed E-state index contributed by atoms with van der Waals surface area (Å²) >= 11 is 1.69. The molecule has 6 heteroatoms. The molecule has 0 saturated carbocycles. The second-order valence-corrected chi connectivity index (χ2v) is 6.15. The number of nitrogens with zero attached hydrogens (tertiary/aromatic N) is 4. The molecule has 2 N–H and O–H groups in total. The summed E-state index contributed by atoms with van der Waals surface area (Å²) in [5.41, 5.74) is 7.03. The zero-order valence-electron chi connectivity index (χ0n) is 11.5. The monoisotopic (exact) mass is 279 g/mol. The Morgan fingerprint density at radius 2 is 2.32 bits per heavy atom. The third-order valence-electron chi connectivity index (χ3n) is 3.82. The molecule has 1 aliphatic heterocycles. The predicted molar refractivity (Wildman–Crippen MR) is 80.1 cm³/mol. The summed E-state index contributed by atoms with van der Waals surface area (Å²) in [5.74, 6) is 1.14. The average Bonchev–Trinajstić information content (AvgIpc) is 2.93. The number of nitrogens with two attached hydrogens (primary N) is 1. The molecular weight excluding hydrogens is 258 g/mol. The van der Waals surface area contributed by atoms with E-state index in [2.05, 4.69) is 39.7 Å². The summed E-state index contributed by atoms with van der Waals surface area (Å²) in [7, 11) is 2.18. The molecule has 5 nitrogen and oxygen atoms in total. The van der Waals surface area contributed by atoms with Crippen molar-refractivity contribution in [2.45, 2.75) is 19.4 Å². The number of likely N-dealkylation sites (N-methyl/N-ethyl adjacent to an activating group) is 1. The number of imidazole rings is 1. The maximum atomic E-state index is 5.77. The van der Waals surface area contributed by atoms with Gasteiger partial charge in [0.15, 0.2) is 10.8 Å². The number of thiazole rings is 1. The summed E-state index contributed by atoms with van der Waals surface area (Å²) in [4.78, 5) is 10.7. The minimum Gasteiger partial charge on any atom is -0.350 e. The molecule has 3 heterocycles. The average molecular weight is 279 g/mol. The molecule has 1 unspecified atom stereocenters. The smallest absolute Gasteiger partial charge is 0.195 e. The molecule has 2 aromatic rings. The van der Waals surface area contributed by atoms with Crippen molar-refractivity contribution in [1.29, 1.82) is 0 Å². The summed E-state index contributed by atoms with van der Waals surface area (Å²) in [6, 6.07) is 0.500. The number of hydrogen-bond acceptors (Lipinski definition) is 5. The van der Waals surface area contributed by atoms with Gasteiger partial charge in [-0.05, 0) is 20.5 Å². The molecule has 2 aromatic heterocycles. The van der Waals surface area contributed by atoms with Crippen LogP contribution >= 0.6 is 11.3 Å². The lowest BCUT2D eigenvalue weighted by molar-refractivity contribution is 0.274. The molecular formula is C13H21N5S. The van der Waals surface area contributed by atoms with Crippen molar-refractivity contribution >= 4 is 22.1 Å². The van der Waals surface area contributed by atoms with Crippen molar-refractivity contribution in [3.63, 3.8) is 0 Å². The Labute approximate surface area is 117 Å². The van der Waals surface area contributed by atoms with Gasteiger partial charge in [-0.3, -0.25) is 4.40 Å². The van der Waals surface area contributed by atoms with E-state index in [9.17, 15) is 0 Å². The molecule has 1 saturated heterocycles. The van der Waals surface area contributed by atoms with Crippen molar-refractivity contribution in [2.75, 3.05) is 38.1 Å². The van der Waals surface area contributed by atoms with Crippen molar-refractivity contribution in [1.82, 2.24) is 14.3 Å². The highest BCUT2D eigenvalue weighted by molar-refractivity contribution is 7.15. The van der Waals surface area contributed by atoms with Crippen LogP contribution in [0.5, 0.6) is 0 Å². The third-order valence-corrected chi connectivity index (χ3v) is 4.58. The van der Waals surface area contributed by atoms with E-state index < -0.39 is 0 Å². The fourth-order valence-electron chi connectivity index (χ4n) is 2.87. The number of rotatable bonds is 3. The van der Waals surface area contributed by atoms with Crippen LogP contribution in [0.25, 0.3) is 4.96 Å². The third kappa shape index (κ3) is 2.24. The van der Waals surface area contributed by atoms with E-state index >= 15 is 0 Å². The first-order chi connectivity index (χ1) is 9.20. The number of hydrogen-bond donors (Lipinski definition) is 1. The fourth-order valence-corrected chi connectivity index (χ4v) is 3.60. The van der Waals surface area contributed by atoms with Crippen LogP contribution < -0.4 is 10.6 Å². The van der Waals surface area contributed by atoms with Crippen LogP contribution in [-0.2, 0) is 6.42 Å². The molecule has 0 spiro atoms. The highest BCUT2D eigenvalue weighted by atomic mass is 32.1. The number of aromatic nitrogens is 2. The van der Waals surface area contributed by atoms with Crippen molar-refractivity contribution in [2.24, 2.45) is 5.73 Å². The molecule has 0 amide bonds. The molecule has 1 fully saturated rings. The van der Waals surface area contributed by atoms with E-state index in [1.807, 2.05) is 0 Å². The first kappa shape index (κ1) is 12.9. The van der Waals surface area contributed by atoms with Gasteiger partial charge in [0, 0.05) is 43.7 Å². The zero-order valence-corrected chi connectivity index (χ0v) is 12.4. The summed E-state index contributed by atoms with van der Waals surface area (Å²) in [5, 5.41) is 2.08. The Kier molecular flexibility index (Phi) is 3.47. The van der Waals surface area contributed by atoms with Crippen LogP contribution in [0.1, 0.15) is 12.6 Å². The Hall–Kier alpha value is -1.11. The van der Waals surface area contributed by atoms with E-state index in [0.29, 0.717) is 12.6 Å². The topological polar surface area (TPSA) is 49.8 Å². The molecule has 0 aromatic carbocycles. The maximum absolute atomic E-state index is 5.77. The van der Waals surface area contributed by atoms with Crippen molar-refractivity contribution in [3.05, 3.63) is 17.3 Å². The standard InChI is InChI=1S/C13H21N5S/c1-10-9-16(2)5-6-17(10)12-11(3-4-14)18-7-8-19-13(18)15-12/h7-8,10H,3-6,9,14H2,1-2H3. The molecule has 3 rings (SSSR count). The van der Waals surface area contributed by atoms with Gasteiger partial charge in [0.2, 0.25) is 0 Å². The quantitative estimate of drug-likeness (QED) is 0.912. The minimum atomic E-state index is 0.500. The summed E-state index contributed by atoms with van der Waals surface area (Å²) in [6.45, 7) is 6.17. The highest BCUT2D eigenvalue weighted by Gasteiger charge is 2.26. The lowest BCUT2D eigenvalue weighted by Crippen LogP contribution is -2.51. The van der Waals surface area contributed by atoms with Gasteiger partial charge >= 0.3 is 0 Å². The molecule has 1 atom stereocenters. The minimum absolute atomic E-state index is 0.500. The molecule has 0 aliphatic carbocycles. The van der Waals surface area contributed by atoms with Gasteiger partial charge in [-0.15, -0.1) is 11.3 Å². The Balaban J connectivity index is 1.99. The van der Waals surface area contributed by atoms with Gasteiger partial charge in [0.25, 0.3) is 0 Å². The predicted octanol–water partition coefficient (Wildman–Crippen LogP) is 1.04. The molecule has 104 valence electrons. The van der Waals surface area contributed by atoms with Crippen molar-refractivity contribution in [3.8, 4) is 0 Å². The second kappa shape index (κ2) is 5.11. The van der Waals surface area contributed by atoms with E-state index in [4.69, 9.17) is 10.7 Å². The van der Waals surface area contributed by atoms with Crippen LogP contribution in [0.3, 0.4) is 0 Å². The van der Waals surface area contributed by atoms with E-state index in [1.54, 1.807) is 11.3 Å². The first-order valence-electron chi connectivity index (χ1n) is 6.80. The first-order valence-corrected chi connectivity index (χ1v) is 7.68. The van der Waals surface area contributed by atoms with Crippen LogP contribution in [0.4, 0.5) is 5.82 Å². The summed E-state index contributed by atoms with van der Waals surface area (Å²) < 4.78 is 2.19. The van der Waals surface area contributed by atoms with Gasteiger partial charge in [-0.1, -0.05) is 0 Å². The Morgan fingerprint density at radius 3 is 3.05 bits per heavy atom. The largest absolute Gasteiger partial charge is 0.350 e. The van der Waals surface area contributed by atoms with Gasteiger partial charge < -0.3 is 15.5 Å². The normalized spacial score (nSPS) is 21.4. The Bertz CT molecular complexity index is 560.